The number of methoxy groups -OCH3 is 2. The minimum atomic E-state index is -0.254. The Labute approximate surface area is 170 Å². The van der Waals surface area contributed by atoms with Gasteiger partial charge < -0.3 is 19.3 Å². The normalized spacial score (nSPS) is 26.3. The first kappa shape index (κ1) is 21.4. The zero-order valence-electron chi connectivity index (χ0n) is 18.3. The molecule has 0 saturated carbocycles. The van der Waals surface area contributed by atoms with Crippen LogP contribution in [-0.2, 0) is 11.2 Å². The molecule has 1 fully saturated rings. The van der Waals surface area contributed by atoms with Crippen LogP contribution in [0.4, 0.5) is 0 Å². The number of aliphatic hydroxyl groups is 1. The van der Waals surface area contributed by atoms with Gasteiger partial charge in [0.05, 0.1) is 19.3 Å². The van der Waals surface area contributed by atoms with Crippen molar-refractivity contribution in [3.05, 3.63) is 23.3 Å². The molecule has 3 unspecified atom stereocenters. The standard InChI is InChI=1S/C23H37NO4/c1-15(26-5)14-28-22-9-16-7-8-24-13-17(12-23(2,3)4)20(25)11-19(24)18(16)10-21(22)27-6/h9-10,15,17,19-20,25H,7-8,11-14H2,1-6H3/t15-,17?,19?,20?/m1/s1. The van der Waals surface area contributed by atoms with Gasteiger partial charge in [-0.2, -0.15) is 0 Å². The first-order valence-electron chi connectivity index (χ1n) is 10.5. The van der Waals surface area contributed by atoms with Crippen molar-refractivity contribution < 1.29 is 19.3 Å². The van der Waals surface area contributed by atoms with Crippen molar-refractivity contribution >= 4 is 0 Å². The van der Waals surface area contributed by atoms with E-state index < -0.39 is 0 Å². The zero-order valence-corrected chi connectivity index (χ0v) is 18.3. The molecule has 2 aliphatic heterocycles. The van der Waals surface area contributed by atoms with Crippen LogP contribution in [0.2, 0.25) is 0 Å². The second kappa shape index (κ2) is 8.60. The molecular weight excluding hydrogens is 354 g/mol. The first-order valence-corrected chi connectivity index (χ1v) is 10.5. The molecule has 5 heteroatoms. The largest absolute Gasteiger partial charge is 0.493 e. The van der Waals surface area contributed by atoms with Crippen molar-refractivity contribution in [2.24, 2.45) is 11.3 Å². The van der Waals surface area contributed by atoms with Gasteiger partial charge in [0.2, 0.25) is 0 Å². The quantitative estimate of drug-likeness (QED) is 0.799. The minimum Gasteiger partial charge on any atom is -0.493 e. The van der Waals surface area contributed by atoms with Gasteiger partial charge in [-0.25, -0.2) is 0 Å². The van der Waals surface area contributed by atoms with Gasteiger partial charge in [-0.3, -0.25) is 4.90 Å². The number of benzene rings is 1. The Morgan fingerprint density at radius 1 is 1.21 bits per heavy atom. The van der Waals surface area contributed by atoms with E-state index >= 15 is 0 Å². The summed E-state index contributed by atoms with van der Waals surface area (Å²) in [6.07, 6.45) is 2.63. The van der Waals surface area contributed by atoms with Crippen molar-refractivity contribution in [3.63, 3.8) is 0 Å². The van der Waals surface area contributed by atoms with E-state index in [1.165, 1.54) is 11.1 Å². The Kier molecular flexibility index (Phi) is 6.58. The third-order valence-corrected chi connectivity index (χ3v) is 6.12. The third kappa shape index (κ3) is 4.81. The van der Waals surface area contributed by atoms with Gasteiger partial charge in [0, 0.05) is 26.2 Å². The number of aliphatic hydroxyl groups excluding tert-OH is 1. The summed E-state index contributed by atoms with van der Waals surface area (Å²) in [5.41, 5.74) is 2.83. The Hall–Kier alpha value is -1.30. The average molecular weight is 392 g/mol. The van der Waals surface area contributed by atoms with Gasteiger partial charge in [-0.1, -0.05) is 20.8 Å². The maximum absolute atomic E-state index is 10.9. The molecule has 4 atom stereocenters. The van der Waals surface area contributed by atoms with E-state index in [0.29, 0.717) is 12.5 Å². The van der Waals surface area contributed by atoms with Crippen molar-refractivity contribution in [2.75, 3.05) is 33.9 Å². The van der Waals surface area contributed by atoms with E-state index in [-0.39, 0.29) is 23.7 Å². The van der Waals surface area contributed by atoms with Gasteiger partial charge in [0.1, 0.15) is 6.61 Å². The van der Waals surface area contributed by atoms with Gasteiger partial charge >= 0.3 is 0 Å². The summed E-state index contributed by atoms with van der Waals surface area (Å²) < 4.78 is 16.9. The summed E-state index contributed by atoms with van der Waals surface area (Å²) in [7, 11) is 3.37. The van der Waals surface area contributed by atoms with Gasteiger partial charge in [-0.05, 0) is 60.8 Å². The number of ether oxygens (including phenoxy) is 3. The number of hydrogen-bond donors (Lipinski definition) is 1. The van der Waals surface area contributed by atoms with Crippen molar-refractivity contribution in [2.45, 2.75) is 65.2 Å². The van der Waals surface area contributed by atoms with Crippen molar-refractivity contribution in [1.29, 1.82) is 0 Å². The van der Waals surface area contributed by atoms with E-state index in [2.05, 4.69) is 37.8 Å². The highest BCUT2D eigenvalue weighted by Gasteiger charge is 2.39. The smallest absolute Gasteiger partial charge is 0.161 e. The molecule has 158 valence electrons. The summed E-state index contributed by atoms with van der Waals surface area (Å²) in [5.74, 6) is 1.88. The van der Waals surface area contributed by atoms with Gasteiger partial charge in [-0.15, -0.1) is 0 Å². The molecule has 3 rings (SSSR count). The van der Waals surface area contributed by atoms with E-state index in [4.69, 9.17) is 14.2 Å². The lowest BCUT2D eigenvalue weighted by molar-refractivity contribution is -0.0259. The Morgan fingerprint density at radius 3 is 2.61 bits per heavy atom. The topological polar surface area (TPSA) is 51.2 Å². The molecular formula is C23H37NO4. The Morgan fingerprint density at radius 2 is 1.96 bits per heavy atom. The van der Waals surface area contributed by atoms with Gasteiger partial charge in [0.15, 0.2) is 11.5 Å². The highest BCUT2D eigenvalue weighted by molar-refractivity contribution is 5.49. The summed E-state index contributed by atoms with van der Waals surface area (Å²) in [6, 6.07) is 4.51. The van der Waals surface area contributed by atoms with E-state index in [1.54, 1.807) is 14.2 Å². The molecule has 1 aromatic rings. The average Bonchev–Trinajstić information content (AvgIpc) is 2.64. The lowest BCUT2D eigenvalue weighted by atomic mass is 9.75. The number of piperidine rings is 1. The zero-order chi connectivity index (χ0) is 20.5. The summed E-state index contributed by atoms with van der Waals surface area (Å²) in [5, 5.41) is 10.9. The van der Waals surface area contributed by atoms with Crippen LogP contribution in [0.25, 0.3) is 0 Å². The minimum absolute atomic E-state index is 0.0319. The molecule has 5 nitrogen and oxygen atoms in total. The van der Waals surface area contributed by atoms with Crippen LogP contribution < -0.4 is 9.47 Å². The SMILES string of the molecule is COc1cc2c(cc1OC[C@@H](C)OC)CCN1CC(CC(C)(C)C)C(O)CC21. The molecule has 0 aromatic heterocycles. The number of rotatable bonds is 6. The van der Waals surface area contributed by atoms with Crippen molar-refractivity contribution in [1.82, 2.24) is 4.90 Å². The third-order valence-electron chi connectivity index (χ3n) is 6.12. The van der Waals surface area contributed by atoms with Gasteiger partial charge in [0.25, 0.3) is 0 Å². The fraction of sp³-hybridized carbons (Fsp3) is 0.739. The van der Waals surface area contributed by atoms with E-state index in [9.17, 15) is 5.11 Å². The Balaban J connectivity index is 1.80. The monoisotopic (exact) mass is 391 g/mol. The summed E-state index contributed by atoms with van der Waals surface area (Å²) >= 11 is 0. The fourth-order valence-corrected chi connectivity index (χ4v) is 4.63. The summed E-state index contributed by atoms with van der Waals surface area (Å²) in [4.78, 5) is 2.55. The molecule has 2 aliphatic rings. The summed E-state index contributed by atoms with van der Waals surface area (Å²) in [6.45, 7) is 11.3. The second-order valence-corrected chi connectivity index (χ2v) is 9.65. The molecule has 0 spiro atoms. The van der Waals surface area contributed by atoms with Crippen molar-refractivity contribution in [3.8, 4) is 11.5 Å². The molecule has 1 N–H and O–H groups in total. The predicted octanol–water partition coefficient (Wildman–Crippen LogP) is 3.83. The molecule has 0 radical (unpaired) electrons. The fourth-order valence-electron chi connectivity index (χ4n) is 4.63. The molecule has 0 bridgehead atoms. The van der Waals surface area contributed by atoms with E-state index in [1.807, 2.05) is 6.92 Å². The Bertz CT molecular complexity index is 669. The highest BCUT2D eigenvalue weighted by atomic mass is 16.5. The second-order valence-electron chi connectivity index (χ2n) is 9.65. The number of fused-ring (bicyclic) bond motifs is 3. The molecule has 0 amide bonds. The van der Waals surface area contributed by atoms with Crippen LogP contribution >= 0.6 is 0 Å². The molecule has 0 aliphatic carbocycles. The van der Waals surface area contributed by atoms with Crippen LogP contribution in [0.5, 0.6) is 11.5 Å². The highest BCUT2D eigenvalue weighted by Crippen LogP contribution is 2.44. The maximum Gasteiger partial charge on any atom is 0.161 e. The van der Waals surface area contributed by atoms with E-state index in [0.717, 1.165) is 43.9 Å². The van der Waals surface area contributed by atoms with Crippen LogP contribution in [0.3, 0.4) is 0 Å². The molecule has 1 saturated heterocycles. The van der Waals surface area contributed by atoms with Crippen LogP contribution in [-0.4, -0.2) is 56.1 Å². The predicted molar refractivity (Wildman–Crippen MR) is 111 cm³/mol. The molecule has 28 heavy (non-hydrogen) atoms. The van der Waals surface area contributed by atoms with Crippen LogP contribution in [0.15, 0.2) is 12.1 Å². The molecule has 2 heterocycles. The number of nitrogens with zero attached hydrogens (tertiary/aromatic N) is 1. The maximum atomic E-state index is 10.9. The number of hydrogen-bond acceptors (Lipinski definition) is 5. The lowest BCUT2D eigenvalue weighted by Crippen LogP contribution is -2.48. The molecule has 1 aromatic carbocycles. The van der Waals surface area contributed by atoms with Crippen LogP contribution in [0, 0.1) is 11.3 Å². The lowest BCUT2D eigenvalue weighted by Gasteiger charge is -2.47. The van der Waals surface area contributed by atoms with Crippen LogP contribution in [0.1, 0.15) is 57.7 Å². The first-order chi connectivity index (χ1) is 13.2.